The summed E-state index contributed by atoms with van der Waals surface area (Å²) in [4.78, 5) is 24.2. The highest BCUT2D eigenvalue weighted by Crippen LogP contribution is 2.32. The molecular weight excluding hydrogens is 240 g/mol. The summed E-state index contributed by atoms with van der Waals surface area (Å²) in [5, 5.41) is 10.3. The van der Waals surface area contributed by atoms with E-state index in [-0.39, 0.29) is 16.9 Å². The molecule has 1 aliphatic carbocycles. The van der Waals surface area contributed by atoms with E-state index in [0.717, 1.165) is 0 Å². The van der Waals surface area contributed by atoms with Crippen molar-refractivity contribution in [1.82, 2.24) is 0 Å². The number of hydrogen-bond acceptors (Lipinski definition) is 3. The van der Waals surface area contributed by atoms with E-state index in [9.17, 15) is 14.7 Å². The molecule has 0 atom stereocenters. The van der Waals surface area contributed by atoms with Gasteiger partial charge in [0.25, 0.3) is 0 Å². The van der Waals surface area contributed by atoms with Crippen molar-refractivity contribution in [2.24, 2.45) is 0 Å². The predicted molar refractivity (Wildman–Crippen MR) is 71.7 cm³/mol. The highest BCUT2D eigenvalue weighted by Gasteiger charge is 2.33. The van der Waals surface area contributed by atoms with Gasteiger partial charge >= 0.3 is 0 Å². The summed E-state index contributed by atoms with van der Waals surface area (Å²) in [7, 11) is 0. The summed E-state index contributed by atoms with van der Waals surface area (Å²) in [5.74, 6) is -1.37. The largest absolute Gasteiger partial charge is 0.506 e. The Hall–Kier alpha value is -2.68. The zero-order valence-corrected chi connectivity index (χ0v) is 9.96. The molecule has 0 unspecified atom stereocenters. The number of aliphatic hydroxyl groups is 1. The van der Waals surface area contributed by atoms with Gasteiger partial charge in [-0.1, -0.05) is 54.6 Å². The molecule has 0 amide bonds. The molecule has 1 aliphatic rings. The van der Waals surface area contributed by atoms with Crippen molar-refractivity contribution in [3.8, 4) is 0 Å². The second-order valence-corrected chi connectivity index (χ2v) is 4.29. The molecule has 0 fully saturated rings. The van der Waals surface area contributed by atoms with E-state index >= 15 is 0 Å². The van der Waals surface area contributed by atoms with E-state index < -0.39 is 11.6 Å². The highest BCUT2D eigenvalue weighted by molar-refractivity contribution is 6.62. The van der Waals surface area contributed by atoms with Crippen molar-refractivity contribution >= 4 is 22.9 Å². The monoisotopic (exact) mass is 250 g/mol. The van der Waals surface area contributed by atoms with Gasteiger partial charge in [-0.15, -0.1) is 0 Å². The van der Waals surface area contributed by atoms with Gasteiger partial charge in [0.05, 0.1) is 5.57 Å². The lowest BCUT2D eigenvalue weighted by Crippen LogP contribution is -2.23. The number of carbonyl (C=O) groups is 2. The molecule has 3 nitrogen and oxygen atoms in total. The maximum absolute atomic E-state index is 12.1. The minimum Gasteiger partial charge on any atom is -0.506 e. The lowest BCUT2D eigenvalue weighted by molar-refractivity contribution is -0.110. The third-order valence-corrected chi connectivity index (χ3v) is 3.16. The molecule has 0 aromatic heterocycles. The number of fused-ring (bicyclic) bond motifs is 1. The smallest absolute Gasteiger partial charge is 0.237 e. The first-order valence-electron chi connectivity index (χ1n) is 5.87. The standard InChI is InChI=1S/C16H10O3/c17-14-11-8-4-5-9-12(11)15(18)16(19)13(14)10-6-2-1-3-7-10/h1-9,17H. The second-order valence-electron chi connectivity index (χ2n) is 4.29. The Kier molecular flexibility index (Phi) is 2.53. The number of aliphatic hydroxyl groups excluding tert-OH is 1. The molecule has 2 aromatic carbocycles. The third kappa shape index (κ3) is 1.67. The molecule has 19 heavy (non-hydrogen) atoms. The summed E-state index contributed by atoms with van der Waals surface area (Å²) in [6.45, 7) is 0. The Morgan fingerprint density at radius 3 is 1.95 bits per heavy atom. The Balaban J connectivity index is 2.30. The van der Waals surface area contributed by atoms with Gasteiger partial charge in [-0.2, -0.15) is 0 Å². The van der Waals surface area contributed by atoms with E-state index in [2.05, 4.69) is 0 Å². The molecule has 0 bridgehead atoms. The topological polar surface area (TPSA) is 54.4 Å². The average molecular weight is 250 g/mol. The number of Topliss-reactive ketones (excluding diaryl/α,β-unsaturated/α-hetero) is 2. The summed E-state index contributed by atoms with van der Waals surface area (Å²) in [5.41, 5.74) is 1.28. The van der Waals surface area contributed by atoms with Gasteiger partial charge in [-0.3, -0.25) is 9.59 Å². The maximum atomic E-state index is 12.1. The molecule has 1 N–H and O–H groups in total. The zero-order chi connectivity index (χ0) is 13.4. The van der Waals surface area contributed by atoms with E-state index in [1.807, 2.05) is 6.07 Å². The molecule has 0 heterocycles. The molecule has 0 aliphatic heterocycles. The van der Waals surface area contributed by atoms with Crippen LogP contribution in [0.2, 0.25) is 0 Å². The quantitative estimate of drug-likeness (QED) is 0.792. The lowest BCUT2D eigenvalue weighted by atomic mass is 9.85. The average Bonchev–Trinajstić information content (AvgIpc) is 2.46. The van der Waals surface area contributed by atoms with Crippen LogP contribution in [0.4, 0.5) is 0 Å². The number of hydrogen-bond donors (Lipinski definition) is 1. The molecule has 0 spiro atoms. The van der Waals surface area contributed by atoms with Crippen LogP contribution in [0.15, 0.2) is 54.6 Å². The fourth-order valence-electron chi connectivity index (χ4n) is 2.24. The molecule has 3 rings (SSSR count). The van der Waals surface area contributed by atoms with Crippen LogP contribution in [0.5, 0.6) is 0 Å². The van der Waals surface area contributed by atoms with Crippen molar-refractivity contribution < 1.29 is 14.7 Å². The summed E-state index contributed by atoms with van der Waals surface area (Å²) < 4.78 is 0. The van der Waals surface area contributed by atoms with Gasteiger partial charge in [0.15, 0.2) is 0 Å². The van der Waals surface area contributed by atoms with Crippen LogP contribution < -0.4 is 0 Å². The highest BCUT2D eigenvalue weighted by atomic mass is 16.3. The molecular formula is C16H10O3. The molecule has 0 saturated carbocycles. The Morgan fingerprint density at radius 1 is 0.684 bits per heavy atom. The molecule has 2 aromatic rings. The van der Waals surface area contributed by atoms with Crippen LogP contribution >= 0.6 is 0 Å². The molecule has 0 saturated heterocycles. The van der Waals surface area contributed by atoms with Crippen LogP contribution in [0.25, 0.3) is 11.3 Å². The first-order chi connectivity index (χ1) is 9.20. The second kappa shape index (κ2) is 4.21. The van der Waals surface area contributed by atoms with Crippen LogP contribution in [0.3, 0.4) is 0 Å². The van der Waals surface area contributed by atoms with Gasteiger partial charge in [0.1, 0.15) is 5.76 Å². The van der Waals surface area contributed by atoms with Gasteiger partial charge < -0.3 is 5.11 Å². The number of benzene rings is 2. The molecule has 3 heteroatoms. The molecule has 0 radical (unpaired) electrons. The third-order valence-electron chi connectivity index (χ3n) is 3.16. The van der Waals surface area contributed by atoms with Gasteiger partial charge in [-0.25, -0.2) is 0 Å². The van der Waals surface area contributed by atoms with E-state index in [0.29, 0.717) is 11.1 Å². The van der Waals surface area contributed by atoms with Crippen molar-refractivity contribution in [3.05, 3.63) is 71.3 Å². The SMILES string of the molecule is O=C1C(=O)c2ccccc2C(O)=C1c1ccccc1. The van der Waals surface area contributed by atoms with Crippen LogP contribution in [0.1, 0.15) is 21.5 Å². The zero-order valence-electron chi connectivity index (χ0n) is 9.96. The first-order valence-corrected chi connectivity index (χ1v) is 5.87. The van der Waals surface area contributed by atoms with Crippen molar-refractivity contribution in [3.63, 3.8) is 0 Å². The number of rotatable bonds is 1. The van der Waals surface area contributed by atoms with Crippen molar-refractivity contribution in [1.29, 1.82) is 0 Å². The van der Waals surface area contributed by atoms with E-state index in [1.54, 1.807) is 48.5 Å². The van der Waals surface area contributed by atoms with Gasteiger partial charge in [0, 0.05) is 11.1 Å². The first kappa shape index (κ1) is 11.4. The van der Waals surface area contributed by atoms with Crippen molar-refractivity contribution in [2.75, 3.05) is 0 Å². The minimum atomic E-state index is -0.664. The number of carbonyl (C=O) groups excluding carboxylic acids is 2. The van der Waals surface area contributed by atoms with Crippen LogP contribution in [-0.4, -0.2) is 16.7 Å². The normalized spacial score (nSPS) is 14.5. The Bertz CT molecular complexity index is 712. The predicted octanol–water partition coefficient (Wildman–Crippen LogP) is 2.88. The summed E-state index contributed by atoms with van der Waals surface area (Å²) >= 11 is 0. The lowest BCUT2D eigenvalue weighted by Gasteiger charge is -2.17. The number of allylic oxidation sites excluding steroid dienone is 1. The number of ketones is 2. The van der Waals surface area contributed by atoms with E-state index in [1.165, 1.54) is 0 Å². The summed E-state index contributed by atoms with van der Waals surface area (Å²) in [6, 6.07) is 15.3. The van der Waals surface area contributed by atoms with Gasteiger partial charge in [-0.05, 0) is 5.56 Å². The Labute approximate surface area is 109 Å². The van der Waals surface area contributed by atoms with Crippen LogP contribution in [-0.2, 0) is 4.79 Å². The fraction of sp³-hybridized carbons (Fsp3) is 0. The van der Waals surface area contributed by atoms with Gasteiger partial charge in [0.2, 0.25) is 11.6 Å². The summed E-state index contributed by atoms with van der Waals surface area (Å²) in [6.07, 6.45) is 0. The minimum absolute atomic E-state index is 0.0734. The van der Waals surface area contributed by atoms with Crippen molar-refractivity contribution in [2.45, 2.75) is 0 Å². The van der Waals surface area contributed by atoms with E-state index in [4.69, 9.17) is 0 Å². The van der Waals surface area contributed by atoms with Crippen LogP contribution in [0, 0.1) is 0 Å². The maximum Gasteiger partial charge on any atom is 0.237 e. The Morgan fingerprint density at radius 2 is 1.26 bits per heavy atom. The fourth-order valence-corrected chi connectivity index (χ4v) is 2.24. The molecule has 92 valence electrons.